The second kappa shape index (κ2) is 6.01. The van der Waals surface area contributed by atoms with E-state index in [0.29, 0.717) is 11.3 Å². The maximum atomic E-state index is 6.03. The van der Waals surface area contributed by atoms with Crippen LogP contribution in [-0.4, -0.2) is 12.4 Å². The minimum atomic E-state index is 0.316. The predicted octanol–water partition coefficient (Wildman–Crippen LogP) is 4.68. The number of hydrogen-bond donors (Lipinski definition) is 1. The second-order valence-corrected chi connectivity index (χ2v) is 6.20. The Bertz CT molecular complexity index is 380. The average molecular weight is 264 g/mol. The fourth-order valence-corrected chi connectivity index (χ4v) is 3.08. The third-order valence-corrected chi connectivity index (χ3v) is 4.74. The Hall–Kier alpha value is -0.630. The number of ether oxygens (including phenoxy) is 1. The van der Waals surface area contributed by atoms with Gasteiger partial charge in [-0.25, -0.2) is 0 Å². The maximum Gasteiger partial charge on any atom is 0.119 e. The molecule has 1 aliphatic carbocycles. The van der Waals surface area contributed by atoms with Crippen LogP contribution in [0.25, 0.3) is 0 Å². The van der Waals surface area contributed by atoms with E-state index in [1.165, 1.54) is 31.2 Å². The van der Waals surface area contributed by atoms with E-state index in [9.17, 15) is 0 Å². The van der Waals surface area contributed by atoms with Crippen LogP contribution >= 0.6 is 12.6 Å². The molecule has 0 spiro atoms. The van der Waals surface area contributed by atoms with Crippen molar-refractivity contribution in [2.45, 2.75) is 45.4 Å². The fourth-order valence-electron chi connectivity index (χ4n) is 2.67. The zero-order valence-corrected chi connectivity index (χ0v) is 12.4. The zero-order chi connectivity index (χ0) is 13.0. The fraction of sp³-hybridized carbons (Fsp3) is 0.625. The summed E-state index contributed by atoms with van der Waals surface area (Å²) in [7, 11) is 0. The van der Waals surface area contributed by atoms with E-state index < -0.39 is 0 Å². The SMILES string of the molecule is CC(C)c1cccc(OCC2(CS)CCCC2)c1. The van der Waals surface area contributed by atoms with Crippen LogP contribution in [0.15, 0.2) is 24.3 Å². The Labute approximate surface area is 116 Å². The van der Waals surface area contributed by atoms with Crippen LogP contribution in [-0.2, 0) is 0 Å². The molecular formula is C16H24OS. The van der Waals surface area contributed by atoms with Gasteiger partial charge in [0.15, 0.2) is 0 Å². The van der Waals surface area contributed by atoms with Gasteiger partial charge in [-0.15, -0.1) is 0 Å². The lowest BCUT2D eigenvalue weighted by molar-refractivity contribution is 0.173. The van der Waals surface area contributed by atoms with Crippen molar-refractivity contribution < 1.29 is 4.74 Å². The molecule has 0 aromatic heterocycles. The Morgan fingerprint density at radius 1 is 1.28 bits per heavy atom. The van der Waals surface area contributed by atoms with Gasteiger partial charge in [-0.2, -0.15) is 12.6 Å². The van der Waals surface area contributed by atoms with E-state index in [2.05, 4.69) is 50.7 Å². The summed E-state index contributed by atoms with van der Waals surface area (Å²) in [4.78, 5) is 0. The summed E-state index contributed by atoms with van der Waals surface area (Å²) in [5.74, 6) is 2.50. The molecule has 0 unspecified atom stereocenters. The van der Waals surface area contributed by atoms with Gasteiger partial charge >= 0.3 is 0 Å². The van der Waals surface area contributed by atoms with Gasteiger partial charge in [0, 0.05) is 5.41 Å². The lowest BCUT2D eigenvalue weighted by atomic mass is 9.90. The van der Waals surface area contributed by atoms with Gasteiger partial charge in [0.1, 0.15) is 5.75 Å². The third-order valence-electron chi connectivity index (χ3n) is 4.07. The Morgan fingerprint density at radius 3 is 2.61 bits per heavy atom. The summed E-state index contributed by atoms with van der Waals surface area (Å²) in [5.41, 5.74) is 1.66. The van der Waals surface area contributed by atoms with Crippen molar-refractivity contribution in [3.05, 3.63) is 29.8 Å². The lowest BCUT2D eigenvalue weighted by Crippen LogP contribution is -2.27. The Kier molecular flexibility index (Phi) is 4.60. The largest absolute Gasteiger partial charge is 0.493 e. The maximum absolute atomic E-state index is 6.03. The molecule has 0 amide bonds. The molecule has 18 heavy (non-hydrogen) atoms. The van der Waals surface area contributed by atoms with Crippen LogP contribution in [0.4, 0.5) is 0 Å². The molecule has 0 atom stereocenters. The standard InChI is InChI=1S/C16H24OS/c1-13(2)14-6-5-7-15(10-14)17-11-16(12-18)8-3-4-9-16/h5-7,10,13,18H,3-4,8-9,11-12H2,1-2H3. The molecule has 2 heteroatoms. The number of benzene rings is 1. The number of thiol groups is 1. The zero-order valence-electron chi connectivity index (χ0n) is 11.5. The summed E-state index contributed by atoms with van der Waals surface area (Å²) in [6.45, 7) is 5.24. The Morgan fingerprint density at radius 2 is 2.00 bits per heavy atom. The molecule has 1 nitrogen and oxygen atoms in total. The van der Waals surface area contributed by atoms with Gasteiger partial charge in [-0.1, -0.05) is 38.8 Å². The first kappa shape index (κ1) is 13.8. The van der Waals surface area contributed by atoms with E-state index in [1.807, 2.05) is 0 Å². The van der Waals surface area contributed by atoms with Crippen LogP contribution < -0.4 is 4.74 Å². The number of hydrogen-bond acceptors (Lipinski definition) is 2. The van der Waals surface area contributed by atoms with Gasteiger partial charge in [0.2, 0.25) is 0 Å². The summed E-state index contributed by atoms with van der Waals surface area (Å²) in [6.07, 6.45) is 5.19. The first-order valence-electron chi connectivity index (χ1n) is 6.99. The highest BCUT2D eigenvalue weighted by molar-refractivity contribution is 7.80. The molecule has 0 heterocycles. The second-order valence-electron chi connectivity index (χ2n) is 5.88. The molecule has 100 valence electrons. The highest BCUT2D eigenvalue weighted by Crippen LogP contribution is 2.39. The van der Waals surface area contributed by atoms with Gasteiger partial charge in [-0.05, 0) is 42.2 Å². The molecule has 0 N–H and O–H groups in total. The van der Waals surface area contributed by atoms with Crippen LogP contribution in [0.2, 0.25) is 0 Å². The van der Waals surface area contributed by atoms with E-state index in [-0.39, 0.29) is 0 Å². The molecule has 1 aromatic carbocycles. The third kappa shape index (κ3) is 3.23. The highest BCUT2D eigenvalue weighted by Gasteiger charge is 2.33. The molecule has 1 aromatic rings. The molecule has 1 saturated carbocycles. The van der Waals surface area contributed by atoms with Crippen LogP contribution in [0, 0.1) is 5.41 Å². The van der Waals surface area contributed by atoms with Crippen molar-refractivity contribution in [2.75, 3.05) is 12.4 Å². The quantitative estimate of drug-likeness (QED) is 0.760. The minimum Gasteiger partial charge on any atom is -0.493 e. The molecule has 0 radical (unpaired) electrons. The van der Waals surface area contributed by atoms with Crippen molar-refractivity contribution in [3.63, 3.8) is 0 Å². The predicted molar refractivity (Wildman–Crippen MR) is 80.8 cm³/mol. The molecule has 0 saturated heterocycles. The van der Waals surface area contributed by atoms with E-state index in [0.717, 1.165) is 18.1 Å². The van der Waals surface area contributed by atoms with Gasteiger partial charge < -0.3 is 4.74 Å². The summed E-state index contributed by atoms with van der Waals surface area (Å²) < 4.78 is 6.03. The highest BCUT2D eigenvalue weighted by atomic mass is 32.1. The summed E-state index contributed by atoms with van der Waals surface area (Å²) in [6, 6.07) is 8.49. The van der Waals surface area contributed by atoms with Gasteiger partial charge in [0.05, 0.1) is 6.61 Å². The monoisotopic (exact) mass is 264 g/mol. The van der Waals surface area contributed by atoms with Crippen molar-refractivity contribution in [1.82, 2.24) is 0 Å². The molecule has 0 aliphatic heterocycles. The van der Waals surface area contributed by atoms with Crippen molar-refractivity contribution in [1.29, 1.82) is 0 Å². The number of rotatable bonds is 5. The molecule has 2 rings (SSSR count). The van der Waals surface area contributed by atoms with Crippen LogP contribution in [0.1, 0.15) is 51.0 Å². The lowest BCUT2D eigenvalue weighted by Gasteiger charge is -2.26. The Balaban J connectivity index is 1.99. The first-order chi connectivity index (χ1) is 8.65. The average Bonchev–Trinajstić information content (AvgIpc) is 2.86. The molecule has 1 fully saturated rings. The van der Waals surface area contributed by atoms with Crippen molar-refractivity contribution in [2.24, 2.45) is 5.41 Å². The van der Waals surface area contributed by atoms with E-state index in [1.54, 1.807) is 0 Å². The normalized spacial score (nSPS) is 18.2. The first-order valence-corrected chi connectivity index (χ1v) is 7.62. The van der Waals surface area contributed by atoms with Crippen LogP contribution in [0.3, 0.4) is 0 Å². The van der Waals surface area contributed by atoms with E-state index in [4.69, 9.17) is 4.74 Å². The summed E-state index contributed by atoms with van der Waals surface area (Å²) in [5, 5.41) is 0. The van der Waals surface area contributed by atoms with Gasteiger partial charge in [0.25, 0.3) is 0 Å². The topological polar surface area (TPSA) is 9.23 Å². The molecule has 1 aliphatic rings. The smallest absolute Gasteiger partial charge is 0.119 e. The molecule has 0 bridgehead atoms. The van der Waals surface area contributed by atoms with Crippen LogP contribution in [0.5, 0.6) is 5.75 Å². The van der Waals surface area contributed by atoms with Crippen molar-refractivity contribution in [3.8, 4) is 5.75 Å². The van der Waals surface area contributed by atoms with Crippen molar-refractivity contribution >= 4 is 12.6 Å². The van der Waals surface area contributed by atoms with Gasteiger partial charge in [-0.3, -0.25) is 0 Å². The minimum absolute atomic E-state index is 0.316. The molecular weight excluding hydrogens is 240 g/mol. The summed E-state index contributed by atoms with van der Waals surface area (Å²) >= 11 is 4.52. The van der Waals surface area contributed by atoms with E-state index >= 15 is 0 Å².